The Hall–Kier alpha value is -3.62. The van der Waals surface area contributed by atoms with Crippen molar-refractivity contribution in [3.8, 4) is 0 Å². The molecule has 1 fully saturated rings. The van der Waals surface area contributed by atoms with E-state index in [-0.39, 0.29) is 24.2 Å². The van der Waals surface area contributed by atoms with Gasteiger partial charge in [-0.05, 0) is 73.4 Å². The maximum atomic E-state index is 12.7. The van der Waals surface area contributed by atoms with E-state index in [4.69, 9.17) is 9.47 Å². The molecule has 0 atom stereocenters. The predicted octanol–water partition coefficient (Wildman–Crippen LogP) is 4.34. The lowest BCUT2D eigenvalue weighted by Crippen LogP contribution is -2.39. The molecule has 0 bridgehead atoms. The van der Waals surface area contributed by atoms with Gasteiger partial charge in [0.15, 0.2) is 0 Å². The van der Waals surface area contributed by atoms with Gasteiger partial charge in [-0.3, -0.25) is 9.78 Å². The highest BCUT2D eigenvalue weighted by atomic mass is 16.6. The van der Waals surface area contributed by atoms with Crippen LogP contribution in [0.25, 0.3) is 0 Å². The minimum absolute atomic E-state index is 0.103. The Kier molecular flexibility index (Phi) is 7.61. The molecule has 1 aromatic carbocycles. The first-order chi connectivity index (χ1) is 16.5. The smallest absolute Gasteiger partial charge is 0.410 e. The minimum Gasteiger partial charge on any atom is -0.469 e. The summed E-state index contributed by atoms with van der Waals surface area (Å²) in [4.78, 5) is 42.1. The summed E-state index contributed by atoms with van der Waals surface area (Å²) in [7, 11) is 1.41. The van der Waals surface area contributed by atoms with E-state index >= 15 is 0 Å². The van der Waals surface area contributed by atoms with Gasteiger partial charge in [-0.1, -0.05) is 6.07 Å². The molecule has 0 radical (unpaired) electrons. The number of fused-ring (bicyclic) bond motifs is 1. The molecule has 9 heteroatoms. The Balaban J connectivity index is 1.25. The number of nitrogens with one attached hydrogen (secondary N) is 2. The van der Waals surface area contributed by atoms with E-state index in [1.807, 2.05) is 18.2 Å². The molecule has 4 rings (SSSR count). The Labute approximate surface area is 198 Å². The fourth-order valence-electron chi connectivity index (χ4n) is 4.51. The molecule has 0 spiro atoms. The largest absolute Gasteiger partial charge is 0.469 e. The van der Waals surface area contributed by atoms with Gasteiger partial charge in [-0.2, -0.15) is 0 Å². The average Bonchev–Trinajstić information content (AvgIpc) is 2.85. The summed E-state index contributed by atoms with van der Waals surface area (Å²) >= 11 is 0. The van der Waals surface area contributed by atoms with Crippen LogP contribution in [0.5, 0.6) is 0 Å². The highest BCUT2D eigenvalue weighted by molar-refractivity contribution is 5.99. The maximum Gasteiger partial charge on any atom is 0.410 e. The Morgan fingerprint density at radius 2 is 1.74 bits per heavy atom. The number of amides is 3. The average molecular weight is 467 g/mol. The van der Waals surface area contributed by atoms with Crippen LogP contribution in [0.1, 0.15) is 43.2 Å². The zero-order valence-corrected chi connectivity index (χ0v) is 19.3. The van der Waals surface area contributed by atoms with Gasteiger partial charge in [0.05, 0.1) is 7.11 Å². The molecule has 34 heavy (non-hydrogen) atoms. The molecule has 2 N–H and O–H groups in total. The van der Waals surface area contributed by atoms with Gasteiger partial charge in [-0.15, -0.1) is 0 Å². The van der Waals surface area contributed by atoms with Gasteiger partial charge >= 0.3 is 18.1 Å². The van der Waals surface area contributed by atoms with E-state index in [2.05, 4.69) is 15.6 Å². The third kappa shape index (κ3) is 6.24. The van der Waals surface area contributed by atoms with Crippen molar-refractivity contribution >= 4 is 29.5 Å². The third-order valence-electron chi connectivity index (χ3n) is 6.42. The summed E-state index contributed by atoms with van der Waals surface area (Å²) in [5.41, 5.74) is 3.51. The molecule has 2 aliphatic rings. The van der Waals surface area contributed by atoms with Crippen LogP contribution in [0.4, 0.5) is 21.0 Å². The predicted molar refractivity (Wildman–Crippen MR) is 126 cm³/mol. The molecule has 9 nitrogen and oxygen atoms in total. The monoisotopic (exact) mass is 466 g/mol. The zero-order chi connectivity index (χ0) is 23.9. The van der Waals surface area contributed by atoms with Crippen LogP contribution in [0.2, 0.25) is 0 Å². The molecule has 2 aromatic rings. The molecule has 0 saturated heterocycles. The summed E-state index contributed by atoms with van der Waals surface area (Å²) in [5.74, 6) is 0.124. The number of urea groups is 1. The number of methoxy groups -OCH3 is 1. The number of hydrogen-bond acceptors (Lipinski definition) is 6. The van der Waals surface area contributed by atoms with Gasteiger partial charge in [0.25, 0.3) is 0 Å². The van der Waals surface area contributed by atoms with E-state index in [0.717, 1.165) is 36.8 Å². The van der Waals surface area contributed by atoms with Gasteiger partial charge in [-0.25, -0.2) is 9.59 Å². The quantitative estimate of drug-likeness (QED) is 0.635. The highest BCUT2D eigenvalue weighted by Crippen LogP contribution is 2.30. The lowest BCUT2D eigenvalue weighted by atomic mass is 9.85. The van der Waals surface area contributed by atoms with Gasteiger partial charge in [0.1, 0.15) is 6.10 Å². The first-order valence-electron chi connectivity index (χ1n) is 11.6. The summed E-state index contributed by atoms with van der Waals surface area (Å²) in [6, 6.07) is 8.83. The maximum absolute atomic E-state index is 12.7. The third-order valence-corrected chi connectivity index (χ3v) is 6.42. The number of benzene rings is 1. The van der Waals surface area contributed by atoms with E-state index < -0.39 is 0 Å². The van der Waals surface area contributed by atoms with Crippen molar-refractivity contribution in [1.29, 1.82) is 0 Å². The van der Waals surface area contributed by atoms with Crippen LogP contribution < -0.4 is 10.6 Å². The van der Waals surface area contributed by atoms with Gasteiger partial charge < -0.3 is 25.0 Å². The van der Waals surface area contributed by atoms with Gasteiger partial charge in [0.2, 0.25) is 0 Å². The van der Waals surface area contributed by atoms with Crippen molar-refractivity contribution in [2.75, 3.05) is 24.3 Å². The molecule has 0 unspecified atom stereocenters. The van der Waals surface area contributed by atoms with Crippen molar-refractivity contribution in [1.82, 2.24) is 9.88 Å². The zero-order valence-electron chi connectivity index (χ0n) is 19.3. The van der Waals surface area contributed by atoms with Crippen LogP contribution >= 0.6 is 0 Å². The van der Waals surface area contributed by atoms with E-state index in [1.54, 1.807) is 29.4 Å². The second-order valence-corrected chi connectivity index (χ2v) is 8.78. The van der Waals surface area contributed by atoms with Crippen LogP contribution in [0.3, 0.4) is 0 Å². The fourth-order valence-corrected chi connectivity index (χ4v) is 4.51. The topological polar surface area (TPSA) is 110 Å². The van der Waals surface area contributed by atoms with Crippen LogP contribution in [0.15, 0.2) is 42.7 Å². The first kappa shape index (κ1) is 23.5. The van der Waals surface area contributed by atoms with Crippen molar-refractivity contribution < 1.29 is 23.9 Å². The van der Waals surface area contributed by atoms with E-state index in [0.29, 0.717) is 43.2 Å². The number of nitrogens with zero attached hydrogens (tertiary/aromatic N) is 2. The number of aromatic nitrogens is 1. The van der Waals surface area contributed by atoms with Crippen molar-refractivity contribution in [2.45, 2.75) is 51.2 Å². The minimum atomic E-state index is -0.325. The standard InChI is InChI=1S/C25H30N4O5/c1-33-23(30)14-17-2-6-22(7-3-17)34-25(32)29-13-10-18-15-21(5-4-19(18)16-29)28-24(31)27-20-8-11-26-12-9-20/h4-5,8-9,11-12,15,17,22H,2-3,6-7,10,13-14,16H2,1H3,(H2,26,27,28,31). The molecule has 2 heterocycles. The summed E-state index contributed by atoms with van der Waals surface area (Å²) in [5, 5.41) is 5.61. The number of ether oxygens (including phenoxy) is 2. The number of carbonyl (C=O) groups is 3. The summed E-state index contributed by atoms with van der Waals surface area (Å²) < 4.78 is 10.5. The summed E-state index contributed by atoms with van der Waals surface area (Å²) in [6.07, 6.45) is 7.22. The second kappa shape index (κ2) is 11.0. The molecule has 1 aliphatic heterocycles. The highest BCUT2D eigenvalue weighted by Gasteiger charge is 2.28. The van der Waals surface area contributed by atoms with Crippen molar-refractivity contribution in [2.24, 2.45) is 5.92 Å². The Morgan fingerprint density at radius 3 is 2.47 bits per heavy atom. The van der Waals surface area contributed by atoms with Gasteiger partial charge in [0, 0.05) is 43.3 Å². The molecular weight excluding hydrogens is 436 g/mol. The normalized spacial score (nSPS) is 19.5. The first-order valence-corrected chi connectivity index (χ1v) is 11.6. The number of esters is 1. The Morgan fingerprint density at radius 1 is 1.00 bits per heavy atom. The second-order valence-electron chi connectivity index (χ2n) is 8.78. The lowest BCUT2D eigenvalue weighted by Gasteiger charge is -2.32. The number of rotatable bonds is 5. The Bertz CT molecular complexity index is 1020. The molecule has 1 aliphatic carbocycles. The number of hydrogen-bond donors (Lipinski definition) is 2. The molecule has 1 aromatic heterocycles. The fraction of sp³-hybridized carbons (Fsp3) is 0.440. The van der Waals surface area contributed by atoms with E-state index in [1.165, 1.54) is 7.11 Å². The van der Waals surface area contributed by atoms with Crippen molar-refractivity contribution in [3.05, 3.63) is 53.9 Å². The van der Waals surface area contributed by atoms with Crippen LogP contribution in [-0.4, -0.2) is 47.7 Å². The number of pyridine rings is 1. The van der Waals surface area contributed by atoms with Crippen LogP contribution in [0, 0.1) is 5.92 Å². The number of carbonyl (C=O) groups excluding carboxylic acids is 3. The SMILES string of the molecule is COC(=O)CC1CCC(OC(=O)N2CCc3cc(NC(=O)Nc4ccncc4)ccc3C2)CC1. The van der Waals surface area contributed by atoms with Crippen molar-refractivity contribution in [3.63, 3.8) is 0 Å². The number of anilines is 2. The molecule has 1 saturated carbocycles. The summed E-state index contributed by atoms with van der Waals surface area (Å²) in [6.45, 7) is 1.05. The molecule has 3 amide bonds. The molecule has 180 valence electrons. The lowest BCUT2D eigenvalue weighted by molar-refractivity contribution is -0.142. The molecular formula is C25H30N4O5. The van der Waals surface area contributed by atoms with E-state index in [9.17, 15) is 14.4 Å². The van der Waals surface area contributed by atoms with Crippen LogP contribution in [-0.2, 0) is 27.2 Å².